The van der Waals surface area contributed by atoms with Gasteiger partial charge in [0.25, 0.3) is 0 Å². The summed E-state index contributed by atoms with van der Waals surface area (Å²) in [5.74, 6) is 0.822. The molecule has 1 aliphatic heterocycles. The van der Waals surface area contributed by atoms with Crippen molar-refractivity contribution < 1.29 is 4.74 Å². The smallest absolute Gasteiger partial charge is 0.0576 e. The number of ether oxygens (including phenoxy) is 1. The van der Waals surface area contributed by atoms with E-state index in [9.17, 15) is 0 Å². The Morgan fingerprint density at radius 2 is 1.95 bits per heavy atom. The Morgan fingerprint density at radius 3 is 2.52 bits per heavy atom. The van der Waals surface area contributed by atoms with Gasteiger partial charge in [0.15, 0.2) is 0 Å². The third-order valence-electron chi connectivity index (χ3n) is 5.65. The maximum atomic E-state index is 5.79. The molecule has 2 nitrogen and oxygen atoms in total. The van der Waals surface area contributed by atoms with Crippen molar-refractivity contribution in [3.63, 3.8) is 0 Å². The van der Waals surface area contributed by atoms with Gasteiger partial charge in [-0.2, -0.15) is 0 Å². The van der Waals surface area contributed by atoms with Gasteiger partial charge < -0.3 is 10.1 Å². The van der Waals surface area contributed by atoms with Crippen LogP contribution in [0.3, 0.4) is 0 Å². The number of nitrogens with one attached hydrogen (secondary N) is 1. The quantitative estimate of drug-likeness (QED) is 0.652. The molecule has 0 radical (unpaired) electrons. The minimum absolute atomic E-state index is 0.567. The molecule has 1 saturated heterocycles. The summed E-state index contributed by atoms with van der Waals surface area (Å²) in [6.07, 6.45) is 14.3. The maximum absolute atomic E-state index is 5.79. The second-order valence-corrected chi connectivity index (χ2v) is 7.84. The average Bonchev–Trinajstić information content (AvgIpc) is 3.09. The third kappa shape index (κ3) is 4.96. The van der Waals surface area contributed by atoms with Crippen LogP contribution < -0.4 is 5.32 Å². The van der Waals surface area contributed by atoms with Gasteiger partial charge >= 0.3 is 0 Å². The second-order valence-electron chi connectivity index (χ2n) is 7.84. The summed E-state index contributed by atoms with van der Waals surface area (Å²) in [5.41, 5.74) is 0.584. The molecule has 124 valence electrons. The van der Waals surface area contributed by atoms with Crippen molar-refractivity contribution in [2.45, 2.75) is 97.1 Å². The molecule has 1 N–H and O–H groups in total. The first-order valence-electron chi connectivity index (χ1n) is 9.51. The highest BCUT2D eigenvalue weighted by Gasteiger charge is 2.40. The van der Waals surface area contributed by atoms with Crippen LogP contribution in [0.5, 0.6) is 0 Å². The molecule has 1 heterocycles. The van der Waals surface area contributed by atoms with E-state index >= 15 is 0 Å². The molecule has 2 atom stereocenters. The van der Waals surface area contributed by atoms with Crippen LogP contribution in [-0.2, 0) is 4.74 Å². The Bertz CT molecular complexity index is 277. The summed E-state index contributed by atoms with van der Waals surface area (Å²) < 4.78 is 5.79. The van der Waals surface area contributed by atoms with Crippen LogP contribution in [-0.4, -0.2) is 25.3 Å². The molecule has 2 heteroatoms. The van der Waals surface area contributed by atoms with Crippen molar-refractivity contribution >= 4 is 0 Å². The fourth-order valence-electron chi connectivity index (χ4n) is 4.88. The van der Waals surface area contributed by atoms with Crippen LogP contribution in [0.4, 0.5) is 0 Å². The normalized spacial score (nSPS) is 26.6. The number of hydrogen-bond donors (Lipinski definition) is 1. The van der Waals surface area contributed by atoms with E-state index in [2.05, 4.69) is 26.1 Å². The van der Waals surface area contributed by atoms with Gasteiger partial charge in [-0.05, 0) is 69.2 Å². The number of hydrogen-bond acceptors (Lipinski definition) is 2. The van der Waals surface area contributed by atoms with Crippen molar-refractivity contribution in [3.8, 4) is 0 Å². The summed E-state index contributed by atoms with van der Waals surface area (Å²) in [7, 11) is 0. The first-order valence-corrected chi connectivity index (χ1v) is 9.51. The van der Waals surface area contributed by atoms with Crippen LogP contribution in [0.2, 0.25) is 0 Å². The van der Waals surface area contributed by atoms with Gasteiger partial charge in [-0.15, -0.1) is 0 Å². The third-order valence-corrected chi connectivity index (χ3v) is 5.65. The zero-order valence-corrected chi connectivity index (χ0v) is 14.6. The van der Waals surface area contributed by atoms with E-state index in [-0.39, 0.29) is 0 Å². The van der Waals surface area contributed by atoms with Crippen molar-refractivity contribution in [2.75, 3.05) is 13.2 Å². The van der Waals surface area contributed by atoms with E-state index < -0.39 is 0 Å². The van der Waals surface area contributed by atoms with Crippen molar-refractivity contribution in [3.05, 3.63) is 0 Å². The molecule has 0 aromatic heterocycles. The lowest BCUT2D eigenvalue weighted by Crippen LogP contribution is -2.44. The van der Waals surface area contributed by atoms with Crippen LogP contribution in [0.1, 0.15) is 85.0 Å². The van der Waals surface area contributed by atoms with Crippen molar-refractivity contribution in [2.24, 2.45) is 11.3 Å². The summed E-state index contributed by atoms with van der Waals surface area (Å²) in [4.78, 5) is 0. The fourth-order valence-corrected chi connectivity index (χ4v) is 4.88. The lowest BCUT2D eigenvalue weighted by molar-refractivity contribution is 0.0951. The summed E-state index contributed by atoms with van der Waals surface area (Å²) in [6, 6.07) is 0.730. The molecule has 2 unspecified atom stereocenters. The Balaban J connectivity index is 1.88. The lowest BCUT2D eigenvalue weighted by Gasteiger charge is -2.40. The Kier molecular flexibility index (Phi) is 7.01. The monoisotopic (exact) mass is 295 g/mol. The van der Waals surface area contributed by atoms with Crippen LogP contribution >= 0.6 is 0 Å². The SMILES string of the molecule is CCNC(CCCC1CCCO1)C1(CC(C)C)CCCC1. The van der Waals surface area contributed by atoms with Crippen LogP contribution in [0.15, 0.2) is 0 Å². The lowest BCUT2D eigenvalue weighted by atomic mass is 9.71. The molecule has 21 heavy (non-hydrogen) atoms. The topological polar surface area (TPSA) is 21.3 Å². The zero-order valence-electron chi connectivity index (χ0n) is 14.6. The molecule has 0 bridgehead atoms. The van der Waals surface area contributed by atoms with Gasteiger partial charge in [0, 0.05) is 12.6 Å². The Morgan fingerprint density at radius 1 is 1.19 bits per heavy atom. The van der Waals surface area contributed by atoms with Gasteiger partial charge in [0.1, 0.15) is 0 Å². The van der Waals surface area contributed by atoms with E-state index in [4.69, 9.17) is 4.74 Å². The minimum Gasteiger partial charge on any atom is -0.378 e. The molecule has 0 amide bonds. The van der Waals surface area contributed by atoms with Crippen molar-refractivity contribution in [1.29, 1.82) is 0 Å². The Labute approximate surface area is 132 Å². The first-order chi connectivity index (χ1) is 10.2. The van der Waals surface area contributed by atoms with E-state index in [0.717, 1.165) is 25.1 Å². The minimum atomic E-state index is 0.567. The summed E-state index contributed by atoms with van der Waals surface area (Å²) in [5, 5.41) is 3.86. The highest BCUT2D eigenvalue weighted by atomic mass is 16.5. The standard InChI is InChI=1S/C19H37NO/c1-4-20-18(11-7-9-17-10-8-14-21-17)19(15-16(2)3)12-5-6-13-19/h16-18,20H,4-15H2,1-3H3. The second kappa shape index (κ2) is 8.53. The van der Waals surface area contributed by atoms with Gasteiger partial charge in [-0.3, -0.25) is 0 Å². The zero-order chi connectivity index (χ0) is 15.1. The van der Waals surface area contributed by atoms with E-state index in [0.29, 0.717) is 11.5 Å². The van der Waals surface area contributed by atoms with Gasteiger partial charge in [-0.1, -0.05) is 33.6 Å². The summed E-state index contributed by atoms with van der Waals surface area (Å²) in [6.45, 7) is 9.18. The molecular weight excluding hydrogens is 258 g/mol. The molecule has 0 aromatic rings. The predicted molar refractivity (Wildman–Crippen MR) is 90.6 cm³/mol. The molecular formula is C19H37NO. The molecule has 0 aromatic carbocycles. The average molecular weight is 296 g/mol. The van der Waals surface area contributed by atoms with Crippen LogP contribution in [0.25, 0.3) is 0 Å². The van der Waals surface area contributed by atoms with Crippen LogP contribution in [0, 0.1) is 11.3 Å². The highest BCUT2D eigenvalue weighted by molar-refractivity contribution is 4.95. The molecule has 0 spiro atoms. The maximum Gasteiger partial charge on any atom is 0.0576 e. The summed E-state index contributed by atoms with van der Waals surface area (Å²) >= 11 is 0. The largest absolute Gasteiger partial charge is 0.378 e. The highest BCUT2D eigenvalue weighted by Crippen LogP contribution is 2.47. The van der Waals surface area contributed by atoms with Gasteiger partial charge in [0.05, 0.1) is 6.10 Å². The van der Waals surface area contributed by atoms with Gasteiger partial charge in [-0.25, -0.2) is 0 Å². The van der Waals surface area contributed by atoms with Crippen molar-refractivity contribution in [1.82, 2.24) is 5.32 Å². The molecule has 2 rings (SSSR count). The first kappa shape index (κ1) is 17.3. The molecule has 1 aliphatic carbocycles. The van der Waals surface area contributed by atoms with E-state index in [1.54, 1.807) is 0 Å². The predicted octanol–water partition coefficient (Wildman–Crippen LogP) is 4.92. The molecule has 2 fully saturated rings. The Hall–Kier alpha value is -0.0800. The fraction of sp³-hybridized carbons (Fsp3) is 1.00. The van der Waals surface area contributed by atoms with E-state index in [1.165, 1.54) is 64.2 Å². The number of rotatable bonds is 9. The molecule has 2 aliphatic rings. The molecule has 1 saturated carbocycles. The van der Waals surface area contributed by atoms with E-state index in [1.807, 2.05) is 0 Å². The van der Waals surface area contributed by atoms with Gasteiger partial charge in [0.2, 0.25) is 0 Å².